The molecule has 12 nitrogen and oxygen atoms in total. The fourth-order valence-electron chi connectivity index (χ4n) is 3.04. The summed E-state index contributed by atoms with van der Waals surface area (Å²) in [7, 11) is 7.36. The minimum Gasteiger partial charge on any atom is -0.478 e. The molecule has 4 rings (SSSR count). The Labute approximate surface area is 250 Å². The van der Waals surface area contributed by atoms with Crippen molar-refractivity contribution in [1.82, 2.24) is 19.9 Å². The Morgan fingerprint density at radius 3 is 1.57 bits per heavy atom. The van der Waals surface area contributed by atoms with E-state index in [1.165, 1.54) is 56.0 Å². The Kier molecular flexibility index (Phi) is 13.3. The molecule has 4 aromatic heterocycles. The zero-order chi connectivity index (χ0) is 31.2. The Bertz CT molecular complexity index is 1580. The van der Waals surface area contributed by atoms with Gasteiger partial charge in [0.2, 0.25) is 9.23 Å². The van der Waals surface area contributed by atoms with Crippen molar-refractivity contribution in [3.63, 3.8) is 0 Å². The molecule has 2 N–H and O–H groups in total. The summed E-state index contributed by atoms with van der Waals surface area (Å²) >= 11 is 0. The maximum Gasteiger partial charge on any atom is 0.338 e. The van der Waals surface area contributed by atoms with Gasteiger partial charge in [0, 0.05) is 51.7 Å². The van der Waals surface area contributed by atoms with Crippen molar-refractivity contribution in [2.24, 2.45) is 0 Å². The highest BCUT2D eigenvalue weighted by Crippen LogP contribution is 2.17. The maximum atomic E-state index is 11.7. The molecular weight excluding hydrogens is 611 g/mol. The summed E-state index contributed by atoms with van der Waals surface area (Å²) in [6, 6.07) is 12.2. The number of hydrogen-bond acceptors (Lipinski definition) is 10. The number of esters is 1. The number of carboxylic acid groups (broad SMARTS) is 2. The number of ether oxygens (including phenoxy) is 1. The largest absolute Gasteiger partial charge is 0.478 e. The van der Waals surface area contributed by atoms with Crippen LogP contribution in [-0.2, 0) is 14.0 Å². The number of rotatable bonds is 7. The van der Waals surface area contributed by atoms with Gasteiger partial charge in [-0.3, -0.25) is 24.7 Å². The van der Waals surface area contributed by atoms with Gasteiger partial charge < -0.3 is 14.9 Å². The first kappa shape index (κ1) is 33.6. The molecule has 0 saturated carbocycles. The van der Waals surface area contributed by atoms with E-state index >= 15 is 0 Å². The van der Waals surface area contributed by atoms with Crippen molar-refractivity contribution in [1.29, 1.82) is 0 Å². The number of ketones is 1. The summed E-state index contributed by atoms with van der Waals surface area (Å²) < 4.78 is 14.0. The average Bonchev–Trinajstić information content (AvgIpc) is 2.97. The van der Waals surface area contributed by atoms with Gasteiger partial charge in [0.15, 0.2) is 5.78 Å². The molecule has 218 valence electrons. The van der Waals surface area contributed by atoms with Crippen molar-refractivity contribution in [2.45, 2.75) is 13.8 Å². The number of halogens is 2. The van der Waals surface area contributed by atoms with Crippen LogP contribution >= 0.6 is 21.4 Å². The van der Waals surface area contributed by atoms with E-state index in [1.54, 1.807) is 31.2 Å². The molecule has 42 heavy (non-hydrogen) atoms. The molecule has 0 amide bonds. The maximum absolute atomic E-state index is 11.7. The molecule has 4 heterocycles. The molecule has 4 aromatic rings. The molecule has 0 aliphatic carbocycles. The topological polar surface area (TPSA) is 187 Å². The number of carboxylic acids is 2. The average molecular weight is 633 g/mol. The minimum absolute atomic E-state index is 0.0442. The quantitative estimate of drug-likeness (QED) is 0.156. The van der Waals surface area contributed by atoms with E-state index in [9.17, 15) is 19.2 Å². The SMILES string of the molecule is CCOC(=O)c1ccnc(-c2ccc(C(C)=O)cn2)c1.O=C(O)c1ccc(-c2cc(C(=O)O)ccn2)nc1.O=S(Cl)Cl. The van der Waals surface area contributed by atoms with Crippen LogP contribution in [0, 0.1) is 0 Å². The lowest BCUT2D eigenvalue weighted by molar-refractivity contribution is 0.0525. The van der Waals surface area contributed by atoms with E-state index in [0.717, 1.165) is 0 Å². The van der Waals surface area contributed by atoms with E-state index in [-0.39, 0.29) is 16.9 Å². The zero-order valence-electron chi connectivity index (χ0n) is 21.9. The fraction of sp³-hybridized carbons (Fsp3) is 0.111. The van der Waals surface area contributed by atoms with Gasteiger partial charge in [0.25, 0.3) is 0 Å². The van der Waals surface area contributed by atoms with Crippen molar-refractivity contribution in [2.75, 3.05) is 6.61 Å². The van der Waals surface area contributed by atoms with Gasteiger partial charge in [-0.25, -0.2) is 18.6 Å². The highest BCUT2D eigenvalue weighted by Gasteiger charge is 2.10. The summed E-state index contributed by atoms with van der Waals surface area (Å²) in [6.45, 7) is 3.56. The number of hydrogen-bond donors (Lipinski definition) is 2. The van der Waals surface area contributed by atoms with Crippen LogP contribution in [-0.4, -0.2) is 64.7 Å². The Morgan fingerprint density at radius 1 is 0.714 bits per heavy atom. The van der Waals surface area contributed by atoms with Gasteiger partial charge in [-0.05, 0) is 62.4 Å². The molecule has 0 atom stereocenters. The minimum atomic E-state index is -1.67. The van der Waals surface area contributed by atoms with Crippen LogP contribution in [0.5, 0.6) is 0 Å². The molecule has 0 saturated heterocycles. The summed E-state index contributed by atoms with van der Waals surface area (Å²) in [5.74, 6) is -2.56. The molecule has 0 spiro atoms. The smallest absolute Gasteiger partial charge is 0.338 e. The van der Waals surface area contributed by atoms with Crippen LogP contribution in [0.3, 0.4) is 0 Å². The predicted octanol–water partition coefficient (Wildman–Crippen LogP) is 5.11. The molecular formula is C27H22Cl2N4O8S. The number of aromatic carboxylic acids is 2. The molecule has 0 fully saturated rings. The monoisotopic (exact) mass is 632 g/mol. The fourth-order valence-corrected chi connectivity index (χ4v) is 3.04. The lowest BCUT2D eigenvalue weighted by Crippen LogP contribution is -2.05. The normalized spacial score (nSPS) is 9.93. The Balaban J connectivity index is 0.000000262. The van der Waals surface area contributed by atoms with Gasteiger partial charge in [-0.15, -0.1) is 0 Å². The third-order valence-corrected chi connectivity index (χ3v) is 4.98. The van der Waals surface area contributed by atoms with E-state index in [2.05, 4.69) is 41.3 Å². The van der Waals surface area contributed by atoms with Crippen molar-refractivity contribution >= 4 is 54.3 Å². The number of pyridine rings is 4. The highest BCUT2D eigenvalue weighted by molar-refractivity contribution is 8.26. The summed E-state index contributed by atoms with van der Waals surface area (Å²) in [6.07, 6.45) is 5.59. The molecule has 0 radical (unpaired) electrons. The summed E-state index contributed by atoms with van der Waals surface area (Å²) in [4.78, 5) is 60.6. The molecule has 0 aliphatic rings. The van der Waals surface area contributed by atoms with Crippen LogP contribution < -0.4 is 0 Å². The van der Waals surface area contributed by atoms with Crippen molar-refractivity contribution < 1.29 is 38.3 Å². The standard InChI is InChI=1S/C15H14N2O3.C12H8N2O4.Cl2OS/c1-3-20-15(19)11-6-7-16-14(8-11)13-5-4-12(9-17-13)10(2)18;15-11(16)7-3-4-13-10(5-7)9-2-1-8(6-14-9)12(17)18;1-4(2)3/h4-9H,3H2,1-2H3;1-6H,(H,15,16)(H,17,18);. The number of nitrogens with zero attached hydrogens (tertiary/aromatic N) is 4. The number of carbonyl (C=O) groups is 4. The summed E-state index contributed by atoms with van der Waals surface area (Å²) in [5, 5.41) is 17.6. The first-order chi connectivity index (χ1) is 19.9. The Morgan fingerprint density at radius 2 is 1.17 bits per heavy atom. The van der Waals surface area contributed by atoms with Crippen molar-refractivity contribution in [3.8, 4) is 22.8 Å². The summed E-state index contributed by atoms with van der Waals surface area (Å²) in [5.41, 5.74) is 3.09. The first-order valence-corrected chi connectivity index (χ1v) is 14.5. The van der Waals surface area contributed by atoms with Crippen molar-refractivity contribution in [3.05, 3.63) is 95.6 Å². The van der Waals surface area contributed by atoms with Gasteiger partial charge >= 0.3 is 17.9 Å². The van der Waals surface area contributed by atoms with Gasteiger partial charge in [-0.1, -0.05) is 0 Å². The molecule has 15 heteroatoms. The second-order valence-electron chi connectivity index (χ2n) is 7.80. The molecule has 0 bridgehead atoms. The number of aromatic nitrogens is 4. The number of Topliss-reactive ketones (excluding diaryl/α,β-unsaturated/α-hetero) is 1. The third kappa shape index (κ3) is 10.8. The van der Waals surface area contributed by atoms with E-state index < -0.39 is 27.1 Å². The van der Waals surface area contributed by atoms with E-state index in [4.69, 9.17) is 19.2 Å². The number of carbonyl (C=O) groups excluding carboxylic acids is 2. The lowest BCUT2D eigenvalue weighted by atomic mass is 10.1. The van der Waals surface area contributed by atoms with Crippen LogP contribution in [0.4, 0.5) is 0 Å². The molecule has 0 unspecified atom stereocenters. The van der Waals surface area contributed by atoms with Gasteiger partial charge in [-0.2, -0.15) is 0 Å². The van der Waals surface area contributed by atoms with Crippen LogP contribution in [0.2, 0.25) is 0 Å². The van der Waals surface area contributed by atoms with E-state index in [0.29, 0.717) is 40.5 Å². The van der Waals surface area contributed by atoms with Gasteiger partial charge in [0.05, 0.1) is 46.1 Å². The Hall–Kier alpha value is -4.59. The van der Waals surface area contributed by atoms with Crippen LogP contribution in [0.1, 0.15) is 55.3 Å². The third-order valence-electron chi connectivity index (χ3n) is 4.98. The molecule has 0 aliphatic heterocycles. The predicted molar refractivity (Wildman–Crippen MR) is 155 cm³/mol. The molecule has 0 aromatic carbocycles. The lowest BCUT2D eigenvalue weighted by Gasteiger charge is -2.04. The second-order valence-corrected chi connectivity index (χ2v) is 10.3. The van der Waals surface area contributed by atoms with E-state index in [1.807, 2.05) is 0 Å². The first-order valence-electron chi connectivity index (χ1n) is 11.7. The highest BCUT2D eigenvalue weighted by atomic mass is 36.0. The zero-order valence-corrected chi connectivity index (χ0v) is 24.3. The van der Waals surface area contributed by atoms with Crippen LogP contribution in [0.25, 0.3) is 22.8 Å². The second kappa shape index (κ2) is 16.6. The van der Waals surface area contributed by atoms with Gasteiger partial charge in [0.1, 0.15) is 0 Å². The van der Waals surface area contributed by atoms with Crippen LogP contribution in [0.15, 0.2) is 73.3 Å².